The second-order valence-corrected chi connectivity index (χ2v) is 5.72. The molecule has 6 nitrogen and oxygen atoms in total. The molecule has 1 heterocycles. The van der Waals surface area contributed by atoms with E-state index < -0.39 is 4.92 Å². The van der Waals surface area contributed by atoms with Gasteiger partial charge in [-0.1, -0.05) is 29.3 Å². The molecule has 0 fully saturated rings. The van der Waals surface area contributed by atoms with E-state index in [1.54, 1.807) is 18.2 Å². The number of aromatic nitrogens is 2. The van der Waals surface area contributed by atoms with E-state index in [9.17, 15) is 14.9 Å². The fraction of sp³-hybridized carbons (Fsp3) is 0.0667. The first-order valence-electron chi connectivity index (χ1n) is 6.53. The van der Waals surface area contributed by atoms with Gasteiger partial charge in [-0.05, 0) is 23.8 Å². The number of nitrogens with zero attached hydrogens (tertiary/aromatic N) is 3. The lowest BCUT2D eigenvalue weighted by Crippen LogP contribution is -2.21. The molecule has 0 N–H and O–H groups in total. The summed E-state index contributed by atoms with van der Waals surface area (Å²) in [6.07, 6.45) is 1.39. The highest BCUT2D eigenvalue weighted by molar-refractivity contribution is 6.35. The van der Waals surface area contributed by atoms with E-state index in [0.717, 1.165) is 0 Å². The first kappa shape index (κ1) is 15.5. The molecule has 8 heteroatoms. The minimum atomic E-state index is -0.549. The first-order valence-corrected chi connectivity index (χ1v) is 7.29. The highest BCUT2D eigenvalue weighted by atomic mass is 35.5. The van der Waals surface area contributed by atoms with E-state index in [2.05, 4.69) is 4.98 Å². The van der Waals surface area contributed by atoms with Crippen LogP contribution in [0.15, 0.2) is 47.5 Å². The Morgan fingerprint density at radius 2 is 1.96 bits per heavy atom. The molecule has 0 amide bonds. The summed E-state index contributed by atoms with van der Waals surface area (Å²) in [4.78, 5) is 27.0. The van der Waals surface area contributed by atoms with Gasteiger partial charge < -0.3 is 0 Å². The van der Waals surface area contributed by atoms with Crippen LogP contribution in [-0.2, 0) is 6.54 Å². The Hall–Kier alpha value is -2.44. The van der Waals surface area contributed by atoms with Gasteiger partial charge in [0.05, 0.1) is 28.7 Å². The number of non-ortho nitro benzene ring substituents is 1. The van der Waals surface area contributed by atoms with Crippen molar-refractivity contribution in [1.82, 2.24) is 9.55 Å². The van der Waals surface area contributed by atoms with Crippen molar-refractivity contribution in [1.29, 1.82) is 0 Å². The van der Waals surface area contributed by atoms with Crippen LogP contribution >= 0.6 is 23.2 Å². The Kier molecular flexibility index (Phi) is 4.02. The molecule has 0 saturated heterocycles. The van der Waals surface area contributed by atoms with Gasteiger partial charge in [-0.2, -0.15) is 0 Å². The summed E-state index contributed by atoms with van der Waals surface area (Å²) in [5.74, 6) is 0. The van der Waals surface area contributed by atoms with Gasteiger partial charge in [0, 0.05) is 22.2 Å². The van der Waals surface area contributed by atoms with Gasteiger partial charge in [-0.25, -0.2) is 4.98 Å². The zero-order valence-electron chi connectivity index (χ0n) is 11.6. The normalized spacial score (nSPS) is 10.9. The Bertz CT molecular complexity index is 985. The summed E-state index contributed by atoms with van der Waals surface area (Å²) in [7, 11) is 0. The number of rotatable bonds is 3. The van der Waals surface area contributed by atoms with Crippen LogP contribution in [0.2, 0.25) is 10.0 Å². The average Bonchev–Trinajstić information content (AvgIpc) is 2.52. The van der Waals surface area contributed by atoms with Crippen molar-refractivity contribution in [3.8, 4) is 0 Å². The van der Waals surface area contributed by atoms with E-state index in [4.69, 9.17) is 23.2 Å². The Morgan fingerprint density at radius 3 is 2.65 bits per heavy atom. The molecule has 1 aromatic heterocycles. The van der Waals surface area contributed by atoms with Crippen LogP contribution in [0.25, 0.3) is 10.9 Å². The number of halogens is 2. The van der Waals surface area contributed by atoms with Crippen molar-refractivity contribution < 1.29 is 4.92 Å². The number of nitro groups is 1. The summed E-state index contributed by atoms with van der Waals surface area (Å²) in [5.41, 5.74) is 0.576. The third-order valence-electron chi connectivity index (χ3n) is 3.37. The van der Waals surface area contributed by atoms with Gasteiger partial charge in [-0.3, -0.25) is 19.5 Å². The van der Waals surface area contributed by atoms with Crippen LogP contribution in [0.1, 0.15) is 5.56 Å². The largest absolute Gasteiger partial charge is 0.294 e. The van der Waals surface area contributed by atoms with Crippen LogP contribution in [0.4, 0.5) is 5.69 Å². The Morgan fingerprint density at radius 1 is 1.17 bits per heavy atom. The van der Waals surface area contributed by atoms with E-state index in [0.29, 0.717) is 21.1 Å². The van der Waals surface area contributed by atoms with Crippen molar-refractivity contribution >= 4 is 39.8 Å². The molecule has 0 bridgehead atoms. The molecule has 0 radical (unpaired) electrons. The predicted octanol–water partition coefficient (Wildman–Crippen LogP) is 3.66. The highest BCUT2D eigenvalue weighted by Gasteiger charge is 2.12. The lowest BCUT2D eigenvalue weighted by molar-refractivity contribution is -0.384. The minimum absolute atomic E-state index is 0.154. The maximum atomic E-state index is 12.5. The summed E-state index contributed by atoms with van der Waals surface area (Å²) in [5, 5.41) is 12.0. The summed E-state index contributed by atoms with van der Waals surface area (Å²) in [6, 6.07) is 8.97. The molecular weight excluding hydrogens is 341 g/mol. The topological polar surface area (TPSA) is 78.0 Å². The van der Waals surface area contributed by atoms with Crippen LogP contribution in [0.5, 0.6) is 0 Å². The second-order valence-electron chi connectivity index (χ2n) is 4.87. The van der Waals surface area contributed by atoms with E-state index >= 15 is 0 Å². The van der Waals surface area contributed by atoms with Gasteiger partial charge in [0.2, 0.25) is 0 Å². The van der Waals surface area contributed by atoms with Crippen molar-refractivity contribution in [2.24, 2.45) is 0 Å². The molecule has 3 rings (SSSR count). The Balaban J connectivity index is 2.09. The average molecular weight is 350 g/mol. The van der Waals surface area contributed by atoms with Crippen molar-refractivity contribution in [2.75, 3.05) is 0 Å². The van der Waals surface area contributed by atoms with Gasteiger partial charge in [0.15, 0.2) is 0 Å². The number of fused-ring (bicyclic) bond motifs is 1. The lowest BCUT2D eigenvalue weighted by Gasteiger charge is -2.08. The van der Waals surface area contributed by atoms with Gasteiger partial charge in [0.25, 0.3) is 11.2 Å². The molecule has 0 aliphatic rings. The maximum absolute atomic E-state index is 12.5. The first-order chi connectivity index (χ1) is 11.0. The van der Waals surface area contributed by atoms with Crippen LogP contribution < -0.4 is 5.56 Å². The number of hydrogen-bond acceptors (Lipinski definition) is 4. The fourth-order valence-corrected chi connectivity index (χ4v) is 2.67. The smallest absolute Gasteiger partial charge is 0.270 e. The van der Waals surface area contributed by atoms with Crippen molar-refractivity contribution in [3.63, 3.8) is 0 Å². The number of nitro benzene ring substituents is 1. The lowest BCUT2D eigenvalue weighted by atomic mass is 10.2. The standard InChI is InChI=1S/C15H9Cl2N3O3/c16-10-2-1-9(13(17)5-10)7-19-8-18-14-4-3-11(20(22)23)6-12(14)15(19)21/h1-6,8H,7H2. The zero-order chi connectivity index (χ0) is 16.6. The molecule has 0 saturated carbocycles. The molecule has 0 spiro atoms. The molecule has 0 unspecified atom stereocenters. The molecule has 2 aromatic carbocycles. The molecule has 23 heavy (non-hydrogen) atoms. The minimum Gasteiger partial charge on any atom is -0.294 e. The van der Waals surface area contributed by atoms with Gasteiger partial charge in [-0.15, -0.1) is 0 Å². The van der Waals surface area contributed by atoms with E-state index in [-0.39, 0.29) is 23.2 Å². The fourth-order valence-electron chi connectivity index (χ4n) is 2.21. The van der Waals surface area contributed by atoms with E-state index in [1.807, 2.05) is 0 Å². The SMILES string of the molecule is O=c1c2cc([N+](=O)[O-])ccc2ncn1Cc1ccc(Cl)cc1Cl. The molecular formula is C15H9Cl2N3O3. The van der Waals surface area contributed by atoms with Crippen LogP contribution in [0, 0.1) is 10.1 Å². The molecule has 0 atom stereocenters. The Labute approximate surface area is 140 Å². The number of benzene rings is 2. The van der Waals surface area contributed by atoms with Crippen LogP contribution in [0.3, 0.4) is 0 Å². The molecule has 116 valence electrons. The van der Waals surface area contributed by atoms with Gasteiger partial charge in [0.1, 0.15) is 0 Å². The third-order valence-corrected chi connectivity index (χ3v) is 3.96. The summed E-state index contributed by atoms with van der Waals surface area (Å²) >= 11 is 12.0. The van der Waals surface area contributed by atoms with Crippen LogP contribution in [-0.4, -0.2) is 14.5 Å². The highest BCUT2D eigenvalue weighted by Crippen LogP contribution is 2.22. The second kappa shape index (κ2) is 5.98. The predicted molar refractivity (Wildman–Crippen MR) is 88.2 cm³/mol. The van der Waals surface area contributed by atoms with Crippen molar-refractivity contribution in [2.45, 2.75) is 6.54 Å². The van der Waals surface area contributed by atoms with Gasteiger partial charge >= 0.3 is 0 Å². The molecule has 0 aliphatic carbocycles. The number of hydrogen-bond donors (Lipinski definition) is 0. The monoisotopic (exact) mass is 349 g/mol. The molecule has 0 aliphatic heterocycles. The summed E-state index contributed by atoms with van der Waals surface area (Å²) in [6.45, 7) is 0.195. The maximum Gasteiger partial charge on any atom is 0.270 e. The third kappa shape index (κ3) is 3.04. The van der Waals surface area contributed by atoms with Crippen molar-refractivity contribution in [3.05, 3.63) is 78.8 Å². The zero-order valence-corrected chi connectivity index (χ0v) is 13.1. The summed E-state index contributed by atoms with van der Waals surface area (Å²) < 4.78 is 1.35. The molecule has 3 aromatic rings. The quantitative estimate of drug-likeness (QED) is 0.533. The van der Waals surface area contributed by atoms with E-state index in [1.165, 1.54) is 29.1 Å².